The van der Waals surface area contributed by atoms with E-state index in [9.17, 15) is 4.79 Å². The van der Waals surface area contributed by atoms with Crippen LogP contribution in [0.2, 0.25) is 0 Å². The third-order valence-corrected chi connectivity index (χ3v) is 5.46. The molecule has 0 unspecified atom stereocenters. The Morgan fingerprint density at radius 2 is 2.04 bits per heavy atom. The second-order valence-electron chi connectivity index (χ2n) is 5.95. The molecule has 0 bridgehead atoms. The van der Waals surface area contributed by atoms with Gasteiger partial charge >= 0.3 is 0 Å². The minimum atomic E-state index is 0.0396. The van der Waals surface area contributed by atoms with E-state index in [1.165, 1.54) is 11.3 Å². The Morgan fingerprint density at radius 3 is 2.67 bits per heavy atom. The lowest BCUT2D eigenvalue weighted by atomic mass is 10.1. The van der Waals surface area contributed by atoms with Gasteiger partial charge in [-0.1, -0.05) is 0 Å². The Hall–Kier alpha value is -1.77. The van der Waals surface area contributed by atoms with Gasteiger partial charge in [-0.05, 0) is 25.3 Å². The number of nitrogens with zero attached hydrogens (tertiary/aromatic N) is 3. The normalized spacial score (nSPS) is 15.9. The fourth-order valence-electron chi connectivity index (χ4n) is 2.94. The van der Waals surface area contributed by atoms with Crippen molar-refractivity contribution in [3.63, 3.8) is 0 Å². The SMILES string of the molecule is COCc1nc(OC)c2c(C)c(C(=O)N3CCC(N)CC3)sc2n1. The first kappa shape index (κ1) is 17.1. The highest BCUT2D eigenvalue weighted by Gasteiger charge is 2.27. The van der Waals surface area contributed by atoms with Crippen LogP contribution in [0.15, 0.2) is 0 Å². The molecule has 0 aromatic carbocycles. The van der Waals surface area contributed by atoms with E-state index in [1.54, 1.807) is 14.2 Å². The number of fused-ring (bicyclic) bond motifs is 1. The van der Waals surface area contributed by atoms with Crippen LogP contribution in [0.1, 0.15) is 33.9 Å². The predicted octanol–water partition coefficient (Wildman–Crippen LogP) is 1.72. The van der Waals surface area contributed by atoms with Crippen molar-refractivity contribution in [3.05, 3.63) is 16.3 Å². The van der Waals surface area contributed by atoms with E-state index in [0.717, 1.165) is 28.6 Å². The molecule has 1 amide bonds. The molecule has 1 aliphatic rings. The second-order valence-corrected chi connectivity index (χ2v) is 6.95. The summed E-state index contributed by atoms with van der Waals surface area (Å²) >= 11 is 1.39. The number of carbonyl (C=O) groups is 1. The number of ether oxygens (including phenoxy) is 2. The Balaban J connectivity index is 1.99. The monoisotopic (exact) mass is 350 g/mol. The number of hydrogen-bond acceptors (Lipinski definition) is 7. The zero-order valence-electron chi connectivity index (χ0n) is 14.2. The highest BCUT2D eigenvalue weighted by Crippen LogP contribution is 2.36. The lowest BCUT2D eigenvalue weighted by molar-refractivity contribution is 0.0719. The van der Waals surface area contributed by atoms with Crippen LogP contribution in [0, 0.1) is 6.92 Å². The minimum absolute atomic E-state index is 0.0396. The fraction of sp³-hybridized carbons (Fsp3) is 0.562. The molecule has 0 radical (unpaired) electrons. The maximum Gasteiger partial charge on any atom is 0.264 e. The molecule has 2 aromatic rings. The maximum absolute atomic E-state index is 12.9. The summed E-state index contributed by atoms with van der Waals surface area (Å²) in [4.78, 5) is 25.1. The molecule has 0 saturated carbocycles. The van der Waals surface area contributed by atoms with Gasteiger partial charge in [0.25, 0.3) is 5.91 Å². The summed E-state index contributed by atoms with van der Waals surface area (Å²) in [6, 6.07) is 0.195. The number of carbonyl (C=O) groups excluding carboxylic acids is 1. The van der Waals surface area contributed by atoms with Gasteiger partial charge in [0.1, 0.15) is 11.4 Å². The van der Waals surface area contributed by atoms with E-state index in [4.69, 9.17) is 15.2 Å². The van der Waals surface area contributed by atoms with Gasteiger partial charge in [-0.3, -0.25) is 4.79 Å². The quantitative estimate of drug-likeness (QED) is 0.903. The van der Waals surface area contributed by atoms with Crippen LogP contribution in [-0.2, 0) is 11.3 Å². The summed E-state index contributed by atoms with van der Waals surface area (Å²) in [5.74, 6) is 1.07. The molecule has 1 fully saturated rings. The van der Waals surface area contributed by atoms with E-state index in [1.807, 2.05) is 11.8 Å². The van der Waals surface area contributed by atoms with Crippen LogP contribution in [0.5, 0.6) is 5.88 Å². The van der Waals surface area contributed by atoms with Crippen molar-refractivity contribution in [1.29, 1.82) is 0 Å². The van der Waals surface area contributed by atoms with Gasteiger partial charge in [0.15, 0.2) is 5.82 Å². The molecule has 1 aliphatic heterocycles. The van der Waals surface area contributed by atoms with Crippen LogP contribution in [0.25, 0.3) is 10.2 Å². The Morgan fingerprint density at radius 1 is 1.33 bits per heavy atom. The average Bonchev–Trinajstić information content (AvgIpc) is 2.91. The molecular weight excluding hydrogens is 328 g/mol. The molecule has 1 saturated heterocycles. The van der Waals surface area contributed by atoms with Gasteiger partial charge in [-0.2, -0.15) is 4.98 Å². The number of likely N-dealkylation sites (tertiary alicyclic amines) is 1. The molecule has 3 heterocycles. The predicted molar refractivity (Wildman–Crippen MR) is 92.5 cm³/mol. The van der Waals surface area contributed by atoms with Crippen LogP contribution >= 0.6 is 11.3 Å². The molecule has 3 rings (SSSR count). The zero-order valence-corrected chi connectivity index (χ0v) is 15.0. The average molecular weight is 350 g/mol. The summed E-state index contributed by atoms with van der Waals surface area (Å²) in [7, 11) is 3.17. The number of nitrogens with two attached hydrogens (primary N) is 1. The van der Waals surface area contributed by atoms with Crippen LogP contribution in [0.4, 0.5) is 0 Å². The second kappa shape index (κ2) is 7.00. The van der Waals surface area contributed by atoms with Crippen LogP contribution in [-0.4, -0.2) is 54.1 Å². The lowest BCUT2D eigenvalue weighted by Gasteiger charge is -2.30. The molecule has 2 N–H and O–H groups in total. The van der Waals surface area contributed by atoms with E-state index < -0.39 is 0 Å². The Kier molecular flexibility index (Phi) is 4.98. The van der Waals surface area contributed by atoms with Crippen molar-refractivity contribution in [2.75, 3.05) is 27.3 Å². The summed E-state index contributed by atoms with van der Waals surface area (Å²) in [5, 5.41) is 0.805. The van der Waals surface area contributed by atoms with Crippen molar-refractivity contribution >= 4 is 27.5 Å². The molecule has 0 aliphatic carbocycles. The topological polar surface area (TPSA) is 90.6 Å². The van der Waals surface area contributed by atoms with Crippen LogP contribution in [0.3, 0.4) is 0 Å². The first-order valence-electron chi connectivity index (χ1n) is 7.93. The standard InChI is InChI=1S/C16H22N4O3S/c1-9-12-14(23-3)18-11(8-22-2)19-15(12)24-13(9)16(21)20-6-4-10(17)5-7-20/h10H,4-8,17H2,1-3H3. The first-order chi connectivity index (χ1) is 11.5. The van der Waals surface area contributed by atoms with E-state index >= 15 is 0 Å². The molecular formula is C16H22N4O3S. The van der Waals surface area contributed by atoms with Gasteiger partial charge in [0, 0.05) is 26.2 Å². The number of hydrogen-bond donors (Lipinski definition) is 1. The third-order valence-electron chi connectivity index (χ3n) is 4.29. The first-order valence-corrected chi connectivity index (χ1v) is 8.74. The highest BCUT2D eigenvalue weighted by molar-refractivity contribution is 7.20. The molecule has 24 heavy (non-hydrogen) atoms. The summed E-state index contributed by atoms with van der Waals surface area (Å²) in [6.07, 6.45) is 1.69. The van der Waals surface area contributed by atoms with Gasteiger partial charge in [-0.25, -0.2) is 4.98 Å². The largest absolute Gasteiger partial charge is 0.480 e. The smallest absolute Gasteiger partial charge is 0.264 e. The number of methoxy groups -OCH3 is 2. The minimum Gasteiger partial charge on any atom is -0.480 e. The van der Waals surface area contributed by atoms with E-state index in [0.29, 0.717) is 36.3 Å². The summed E-state index contributed by atoms with van der Waals surface area (Å²) in [5.41, 5.74) is 6.80. The highest BCUT2D eigenvalue weighted by atomic mass is 32.1. The molecule has 0 spiro atoms. The summed E-state index contributed by atoms with van der Waals surface area (Å²) < 4.78 is 10.5. The molecule has 0 atom stereocenters. The van der Waals surface area contributed by atoms with Crippen molar-refractivity contribution < 1.29 is 14.3 Å². The zero-order chi connectivity index (χ0) is 17.3. The number of rotatable bonds is 4. The van der Waals surface area contributed by atoms with Gasteiger partial charge in [-0.15, -0.1) is 11.3 Å². The Labute approximate surface area is 144 Å². The van der Waals surface area contributed by atoms with E-state index in [2.05, 4.69) is 9.97 Å². The van der Waals surface area contributed by atoms with Crippen molar-refractivity contribution in [3.8, 4) is 5.88 Å². The molecule has 130 valence electrons. The molecule has 2 aromatic heterocycles. The van der Waals surface area contributed by atoms with Crippen molar-refractivity contribution in [2.24, 2.45) is 5.73 Å². The van der Waals surface area contributed by atoms with Gasteiger partial charge in [0.05, 0.1) is 17.4 Å². The van der Waals surface area contributed by atoms with Crippen molar-refractivity contribution in [2.45, 2.75) is 32.4 Å². The Bertz CT molecular complexity index is 753. The number of piperidine rings is 1. The van der Waals surface area contributed by atoms with Crippen molar-refractivity contribution in [1.82, 2.24) is 14.9 Å². The number of thiophene rings is 1. The molecule has 7 nitrogen and oxygen atoms in total. The number of aryl methyl sites for hydroxylation is 1. The summed E-state index contributed by atoms with van der Waals surface area (Å²) in [6.45, 7) is 3.62. The number of amides is 1. The number of aromatic nitrogens is 2. The maximum atomic E-state index is 12.9. The lowest BCUT2D eigenvalue weighted by Crippen LogP contribution is -2.42. The third kappa shape index (κ3) is 3.09. The molecule has 8 heteroatoms. The van der Waals surface area contributed by atoms with Gasteiger partial charge < -0.3 is 20.1 Å². The van der Waals surface area contributed by atoms with Gasteiger partial charge in [0.2, 0.25) is 5.88 Å². The van der Waals surface area contributed by atoms with Crippen LogP contribution < -0.4 is 10.5 Å². The fourth-order valence-corrected chi connectivity index (χ4v) is 4.09. The van der Waals surface area contributed by atoms with E-state index in [-0.39, 0.29) is 11.9 Å².